The van der Waals surface area contributed by atoms with Crippen LogP contribution < -0.4 is 10.2 Å². The van der Waals surface area contributed by atoms with Crippen molar-refractivity contribution in [1.29, 1.82) is 0 Å². The molecule has 0 spiro atoms. The number of benzene rings is 1. The summed E-state index contributed by atoms with van der Waals surface area (Å²) in [6.45, 7) is 1.97. The van der Waals surface area contributed by atoms with E-state index in [1.165, 1.54) is 4.90 Å². The van der Waals surface area contributed by atoms with Gasteiger partial charge in [0.05, 0.1) is 0 Å². The van der Waals surface area contributed by atoms with Gasteiger partial charge in [-0.1, -0.05) is 15.9 Å². The van der Waals surface area contributed by atoms with Crippen molar-refractivity contribution in [3.63, 3.8) is 0 Å². The summed E-state index contributed by atoms with van der Waals surface area (Å²) < 4.78 is 0.991. The van der Waals surface area contributed by atoms with Crippen LogP contribution in [0.1, 0.15) is 6.92 Å². The van der Waals surface area contributed by atoms with Gasteiger partial charge in [-0.25, -0.2) is 9.79 Å². The van der Waals surface area contributed by atoms with Gasteiger partial charge in [-0.15, -0.1) is 0 Å². The van der Waals surface area contributed by atoms with Crippen molar-refractivity contribution >= 4 is 39.5 Å². The molecule has 118 valence electrons. The zero-order valence-electron chi connectivity index (χ0n) is 12.5. The molecule has 8 heteroatoms. The average molecular weight is 376 g/mol. The normalized spacial score (nSPS) is 26.0. The number of anilines is 1. The highest BCUT2D eigenvalue weighted by molar-refractivity contribution is 9.10. The third-order valence-corrected chi connectivity index (χ3v) is 4.77. The van der Waals surface area contributed by atoms with Gasteiger partial charge in [-0.2, -0.15) is 0 Å². The SMILES string of the molecule is CC1=CN2C(=NC3C2C(=O)NC(=O)N3C)N1c1ccc(Br)cc1. The summed E-state index contributed by atoms with van der Waals surface area (Å²) >= 11 is 3.43. The lowest BCUT2D eigenvalue weighted by Gasteiger charge is -2.34. The number of urea groups is 1. The predicted molar refractivity (Wildman–Crippen MR) is 88.5 cm³/mol. The highest BCUT2D eigenvalue weighted by Crippen LogP contribution is 2.35. The number of allylic oxidation sites excluding steroid dienone is 1. The van der Waals surface area contributed by atoms with Gasteiger partial charge in [0.2, 0.25) is 5.96 Å². The van der Waals surface area contributed by atoms with Gasteiger partial charge in [0, 0.05) is 29.1 Å². The van der Waals surface area contributed by atoms with Crippen molar-refractivity contribution in [2.45, 2.75) is 19.1 Å². The summed E-state index contributed by atoms with van der Waals surface area (Å²) in [6, 6.07) is 6.92. The molecule has 0 aromatic heterocycles. The molecule has 0 bridgehead atoms. The number of hydrogen-bond donors (Lipinski definition) is 1. The third-order valence-electron chi connectivity index (χ3n) is 4.24. The van der Waals surface area contributed by atoms with E-state index in [0.29, 0.717) is 5.96 Å². The number of aliphatic imine (C=N–C) groups is 1. The highest BCUT2D eigenvalue weighted by Gasteiger charge is 2.51. The van der Waals surface area contributed by atoms with Crippen LogP contribution in [-0.4, -0.2) is 47.0 Å². The van der Waals surface area contributed by atoms with Crippen LogP contribution in [0.3, 0.4) is 0 Å². The number of carbonyl (C=O) groups is 2. The number of guanidine groups is 1. The van der Waals surface area contributed by atoms with Gasteiger partial charge in [-0.05, 0) is 31.2 Å². The van der Waals surface area contributed by atoms with E-state index in [9.17, 15) is 9.59 Å². The molecule has 0 radical (unpaired) electrons. The number of amides is 3. The molecule has 2 atom stereocenters. The number of fused-ring (bicyclic) bond motifs is 3. The Balaban J connectivity index is 1.75. The Morgan fingerprint density at radius 2 is 1.91 bits per heavy atom. The van der Waals surface area contributed by atoms with Crippen LogP contribution in [-0.2, 0) is 4.79 Å². The molecule has 23 heavy (non-hydrogen) atoms. The summed E-state index contributed by atoms with van der Waals surface area (Å²) in [5.41, 5.74) is 1.92. The number of carbonyl (C=O) groups excluding carboxylic acids is 2. The number of nitrogens with one attached hydrogen (secondary N) is 1. The quantitative estimate of drug-likeness (QED) is 0.810. The lowest BCUT2D eigenvalue weighted by atomic mass is 10.1. The van der Waals surface area contributed by atoms with E-state index >= 15 is 0 Å². The van der Waals surface area contributed by atoms with E-state index in [1.807, 2.05) is 47.2 Å². The van der Waals surface area contributed by atoms with E-state index in [-0.39, 0.29) is 5.91 Å². The van der Waals surface area contributed by atoms with Gasteiger partial charge in [0.25, 0.3) is 5.91 Å². The predicted octanol–water partition coefficient (Wildman–Crippen LogP) is 1.68. The molecule has 0 saturated carbocycles. The van der Waals surface area contributed by atoms with E-state index in [4.69, 9.17) is 0 Å². The van der Waals surface area contributed by atoms with Crippen LogP contribution in [0.25, 0.3) is 0 Å². The lowest BCUT2D eigenvalue weighted by Crippen LogP contribution is -2.62. The summed E-state index contributed by atoms with van der Waals surface area (Å²) in [4.78, 5) is 33.9. The summed E-state index contributed by atoms with van der Waals surface area (Å²) in [5.74, 6) is 0.343. The highest BCUT2D eigenvalue weighted by atomic mass is 79.9. The van der Waals surface area contributed by atoms with Crippen LogP contribution in [0.2, 0.25) is 0 Å². The van der Waals surface area contributed by atoms with Crippen molar-refractivity contribution in [2.75, 3.05) is 11.9 Å². The van der Waals surface area contributed by atoms with Gasteiger partial charge >= 0.3 is 6.03 Å². The van der Waals surface area contributed by atoms with E-state index in [0.717, 1.165) is 15.9 Å². The Kier molecular flexibility index (Phi) is 2.99. The fourth-order valence-corrected chi connectivity index (χ4v) is 3.37. The maximum Gasteiger partial charge on any atom is 0.325 e. The molecule has 3 aliphatic rings. The monoisotopic (exact) mass is 375 g/mol. The number of likely N-dealkylation sites (N-methyl/N-ethyl adjacent to an activating group) is 1. The second-order valence-corrected chi connectivity index (χ2v) is 6.60. The topological polar surface area (TPSA) is 68.2 Å². The first-order chi connectivity index (χ1) is 11.0. The molecular formula is C15H14BrN5O2. The minimum absolute atomic E-state index is 0.321. The molecule has 3 heterocycles. The molecule has 3 aliphatic heterocycles. The van der Waals surface area contributed by atoms with Crippen LogP contribution in [0.5, 0.6) is 0 Å². The zero-order chi connectivity index (χ0) is 16.3. The Bertz CT molecular complexity index is 773. The van der Waals surface area contributed by atoms with E-state index < -0.39 is 18.2 Å². The lowest BCUT2D eigenvalue weighted by molar-refractivity contribution is -0.126. The van der Waals surface area contributed by atoms with Crippen molar-refractivity contribution in [1.82, 2.24) is 15.1 Å². The first kappa shape index (κ1) is 14.3. The smallest absolute Gasteiger partial charge is 0.303 e. The minimum Gasteiger partial charge on any atom is -0.303 e. The molecule has 1 aromatic carbocycles. The largest absolute Gasteiger partial charge is 0.325 e. The van der Waals surface area contributed by atoms with Crippen LogP contribution in [0.4, 0.5) is 10.5 Å². The molecule has 0 aliphatic carbocycles. The molecule has 3 amide bonds. The first-order valence-corrected chi connectivity index (χ1v) is 7.94. The second kappa shape index (κ2) is 4.82. The van der Waals surface area contributed by atoms with Crippen molar-refractivity contribution in [3.8, 4) is 0 Å². The molecule has 7 nitrogen and oxygen atoms in total. The number of hydrogen-bond acceptors (Lipinski definition) is 5. The van der Waals surface area contributed by atoms with Crippen LogP contribution >= 0.6 is 15.9 Å². The number of imide groups is 1. The zero-order valence-corrected chi connectivity index (χ0v) is 14.1. The molecule has 1 fully saturated rings. The van der Waals surface area contributed by atoms with Gasteiger partial charge in [-0.3, -0.25) is 15.0 Å². The maximum absolute atomic E-state index is 12.2. The summed E-state index contributed by atoms with van der Waals surface area (Å²) in [7, 11) is 1.65. The first-order valence-electron chi connectivity index (χ1n) is 7.15. The molecule has 1 aromatic rings. The van der Waals surface area contributed by atoms with Gasteiger partial charge in [0.1, 0.15) is 0 Å². The van der Waals surface area contributed by atoms with Crippen molar-refractivity contribution in [3.05, 3.63) is 40.6 Å². The van der Waals surface area contributed by atoms with Crippen LogP contribution in [0, 0.1) is 0 Å². The summed E-state index contributed by atoms with van der Waals surface area (Å²) in [6.07, 6.45) is 1.39. The average Bonchev–Trinajstić information content (AvgIpc) is 3.01. The fourth-order valence-electron chi connectivity index (χ4n) is 3.11. The van der Waals surface area contributed by atoms with Crippen molar-refractivity contribution < 1.29 is 9.59 Å². The Labute approximate surface area is 141 Å². The Morgan fingerprint density at radius 1 is 1.22 bits per heavy atom. The van der Waals surface area contributed by atoms with Crippen LogP contribution in [0.15, 0.2) is 45.6 Å². The molecular weight excluding hydrogens is 362 g/mol. The summed E-state index contributed by atoms with van der Waals surface area (Å²) in [5, 5.41) is 2.37. The molecule has 1 saturated heterocycles. The Hall–Kier alpha value is -2.35. The second-order valence-electron chi connectivity index (χ2n) is 5.68. The Morgan fingerprint density at radius 3 is 2.61 bits per heavy atom. The van der Waals surface area contributed by atoms with Gasteiger partial charge < -0.3 is 9.80 Å². The van der Waals surface area contributed by atoms with Crippen molar-refractivity contribution in [2.24, 2.45) is 4.99 Å². The molecule has 2 unspecified atom stereocenters. The third kappa shape index (κ3) is 1.98. The number of halogens is 1. The van der Waals surface area contributed by atoms with E-state index in [1.54, 1.807) is 7.05 Å². The molecule has 4 rings (SSSR count). The van der Waals surface area contributed by atoms with E-state index in [2.05, 4.69) is 26.2 Å². The minimum atomic E-state index is -0.525. The maximum atomic E-state index is 12.2. The number of rotatable bonds is 1. The standard InChI is InChI=1S/C15H14BrN5O2/c1-8-7-20-11-12(19(2)15(23)18-13(11)22)17-14(20)21(8)10-5-3-9(16)4-6-10/h3-7,11-12H,1-2H3,(H,18,22,23). The van der Waals surface area contributed by atoms with Gasteiger partial charge in [0.15, 0.2) is 12.2 Å². The molecule has 1 N–H and O–H groups in total. The fraction of sp³-hybridized carbons (Fsp3) is 0.267. The number of nitrogens with zero attached hydrogens (tertiary/aromatic N) is 4.